The average molecular weight is 198 g/mol. The number of guanidine groups is 1. The number of ether oxygens (including phenoxy) is 1. The quantitative estimate of drug-likeness (QED) is 0.245. The molecule has 4 N–H and O–H groups in total. The Bertz CT molecular complexity index is 229. The van der Waals surface area contributed by atoms with Crippen LogP contribution in [0.2, 0.25) is 0 Å². The standard InChI is InChI=1S/C9H18N4O/c10-9(12-11)13-5-6-14-8-4-2-1-3-7(8)13/h7-8H,1-6,11H2,(H2,10,12). The lowest BCUT2D eigenvalue weighted by Gasteiger charge is -2.44. The summed E-state index contributed by atoms with van der Waals surface area (Å²) in [5.74, 6) is 5.65. The maximum atomic E-state index is 5.75. The first-order chi connectivity index (χ1) is 6.83. The molecule has 0 aromatic heterocycles. The molecule has 1 aliphatic heterocycles. The Morgan fingerprint density at radius 1 is 1.36 bits per heavy atom. The second-order valence-electron chi connectivity index (χ2n) is 3.94. The molecule has 0 aromatic carbocycles. The number of nitrogens with zero attached hydrogens (tertiary/aromatic N) is 2. The van der Waals surface area contributed by atoms with E-state index in [4.69, 9.17) is 16.3 Å². The fourth-order valence-electron chi connectivity index (χ4n) is 2.46. The lowest BCUT2D eigenvalue weighted by Crippen LogP contribution is -2.57. The van der Waals surface area contributed by atoms with Crippen molar-refractivity contribution in [2.45, 2.75) is 37.8 Å². The van der Waals surface area contributed by atoms with E-state index in [-0.39, 0.29) is 0 Å². The van der Waals surface area contributed by atoms with Gasteiger partial charge < -0.3 is 21.2 Å². The lowest BCUT2D eigenvalue weighted by atomic mass is 9.90. The first-order valence-corrected chi connectivity index (χ1v) is 5.24. The third-order valence-corrected chi connectivity index (χ3v) is 3.16. The number of hydrogen-bond acceptors (Lipinski definition) is 3. The highest BCUT2D eigenvalue weighted by atomic mass is 16.5. The maximum absolute atomic E-state index is 5.75. The van der Waals surface area contributed by atoms with Crippen LogP contribution >= 0.6 is 0 Å². The van der Waals surface area contributed by atoms with Crippen LogP contribution in [-0.4, -0.2) is 36.2 Å². The molecule has 5 heteroatoms. The fourth-order valence-corrected chi connectivity index (χ4v) is 2.46. The minimum absolute atomic E-state index is 0.331. The first kappa shape index (κ1) is 9.58. The van der Waals surface area contributed by atoms with Crippen molar-refractivity contribution in [2.24, 2.45) is 16.7 Å². The first-order valence-electron chi connectivity index (χ1n) is 5.24. The Morgan fingerprint density at radius 3 is 2.93 bits per heavy atom. The molecule has 0 aromatic rings. The zero-order valence-corrected chi connectivity index (χ0v) is 8.35. The monoisotopic (exact) mass is 198 g/mol. The van der Waals surface area contributed by atoms with E-state index in [0.29, 0.717) is 18.1 Å². The van der Waals surface area contributed by atoms with Gasteiger partial charge >= 0.3 is 0 Å². The largest absolute Gasteiger partial charge is 0.374 e. The highest BCUT2D eigenvalue weighted by Gasteiger charge is 2.34. The molecule has 1 saturated carbocycles. The molecule has 5 nitrogen and oxygen atoms in total. The summed E-state index contributed by atoms with van der Waals surface area (Å²) >= 11 is 0. The van der Waals surface area contributed by atoms with E-state index in [9.17, 15) is 0 Å². The zero-order chi connectivity index (χ0) is 9.97. The molecule has 1 heterocycles. The molecule has 0 spiro atoms. The molecular formula is C9H18N4O. The normalized spacial score (nSPS) is 34.0. The summed E-state index contributed by atoms with van der Waals surface area (Å²) in [5.41, 5.74) is 5.75. The van der Waals surface area contributed by atoms with Gasteiger partial charge in [0.2, 0.25) is 5.96 Å². The van der Waals surface area contributed by atoms with Crippen molar-refractivity contribution in [3.05, 3.63) is 0 Å². The Labute approximate surface area is 84.1 Å². The predicted octanol–water partition coefficient (Wildman–Crippen LogP) is -0.182. The number of rotatable bonds is 0. The summed E-state index contributed by atoms with van der Waals surface area (Å²) in [5, 5.41) is 3.57. The molecule has 1 aliphatic carbocycles. The van der Waals surface area contributed by atoms with Gasteiger partial charge in [0.15, 0.2) is 0 Å². The van der Waals surface area contributed by atoms with Crippen molar-refractivity contribution >= 4 is 5.96 Å². The number of morpholine rings is 1. The second kappa shape index (κ2) is 4.04. The Balaban J connectivity index is 2.08. The van der Waals surface area contributed by atoms with Crippen LogP contribution in [0.5, 0.6) is 0 Å². The minimum Gasteiger partial charge on any atom is -0.374 e. The number of hydrogen-bond donors (Lipinski definition) is 2. The van der Waals surface area contributed by atoms with Gasteiger partial charge in [0.25, 0.3) is 0 Å². The summed E-state index contributed by atoms with van der Waals surface area (Å²) in [6.45, 7) is 1.55. The van der Waals surface area contributed by atoms with E-state index < -0.39 is 0 Å². The van der Waals surface area contributed by atoms with Gasteiger partial charge in [0.1, 0.15) is 0 Å². The second-order valence-corrected chi connectivity index (χ2v) is 3.94. The van der Waals surface area contributed by atoms with Gasteiger partial charge in [0, 0.05) is 6.54 Å². The molecule has 0 bridgehead atoms. The Morgan fingerprint density at radius 2 is 2.14 bits per heavy atom. The van der Waals surface area contributed by atoms with Crippen LogP contribution in [0.15, 0.2) is 5.10 Å². The molecule has 14 heavy (non-hydrogen) atoms. The third kappa shape index (κ3) is 1.64. The van der Waals surface area contributed by atoms with Crippen LogP contribution < -0.4 is 11.6 Å². The summed E-state index contributed by atoms with van der Waals surface area (Å²) in [6.07, 6.45) is 5.12. The van der Waals surface area contributed by atoms with Crippen molar-refractivity contribution in [3.8, 4) is 0 Å². The Hall–Kier alpha value is -0.970. The molecule has 0 amide bonds. The number of nitrogens with two attached hydrogens (primary N) is 2. The minimum atomic E-state index is 0.331. The molecule has 2 aliphatic rings. The highest BCUT2D eigenvalue weighted by Crippen LogP contribution is 2.27. The van der Waals surface area contributed by atoms with Crippen molar-refractivity contribution in [1.82, 2.24) is 4.90 Å². The van der Waals surface area contributed by atoms with Crippen molar-refractivity contribution < 1.29 is 4.74 Å². The van der Waals surface area contributed by atoms with Gasteiger partial charge in [-0.3, -0.25) is 0 Å². The summed E-state index contributed by atoms with van der Waals surface area (Å²) in [4.78, 5) is 2.09. The van der Waals surface area contributed by atoms with Crippen LogP contribution in [0.1, 0.15) is 25.7 Å². The van der Waals surface area contributed by atoms with Crippen LogP contribution in [-0.2, 0) is 4.74 Å². The predicted molar refractivity (Wildman–Crippen MR) is 54.5 cm³/mol. The molecule has 2 rings (SSSR count). The molecule has 2 fully saturated rings. The van der Waals surface area contributed by atoms with E-state index in [1.807, 2.05) is 0 Å². The topological polar surface area (TPSA) is 76.9 Å². The van der Waals surface area contributed by atoms with Crippen LogP contribution in [0.3, 0.4) is 0 Å². The lowest BCUT2D eigenvalue weighted by molar-refractivity contribution is -0.0641. The third-order valence-electron chi connectivity index (χ3n) is 3.16. The van der Waals surface area contributed by atoms with E-state index in [2.05, 4.69) is 10.0 Å². The van der Waals surface area contributed by atoms with Gasteiger partial charge in [-0.15, -0.1) is 5.10 Å². The zero-order valence-electron chi connectivity index (χ0n) is 8.35. The van der Waals surface area contributed by atoms with E-state index in [1.54, 1.807) is 0 Å². The van der Waals surface area contributed by atoms with Gasteiger partial charge in [-0.2, -0.15) is 0 Å². The highest BCUT2D eigenvalue weighted by molar-refractivity contribution is 5.78. The molecular weight excluding hydrogens is 180 g/mol. The number of fused-ring (bicyclic) bond motifs is 1. The van der Waals surface area contributed by atoms with E-state index in [0.717, 1.165) is 26.0 Å². The van der Waals surface area contributed by atoms with E-state index in [1.165, 1.54) is 12.8 Å². The summed E-state index contributed by atoms with van der Waals surface area (Å²) < 4.78 is 5.71. The van der Waals surface area contributed by atoms with Gasteiger partial charge in [0.05, 0.1) is 18.8 Å². The van der Waals surface area contributed by atoms with Crippen LogP contribution in [0.25, 0.3) is 0 Å². The molecule has 2 atom stereocenters. The van der Waals surface area contributed by atoms with Gasteiger partial charge in [-0.1, -0.05) is 12.8 Å². The molecule has 80 valence electrons. The molecule has 2 unspecified atom stereocenters. The van der Waals surface area contributed by atoms with Crippen LogP contribution in [0.4, 0.5) is 0 Å². The molecule has 0 radical (unpaired) electrons. The van der Waals surface area contributed by atoms with Crippen LogP contribution in [0, 0.1) is 0 Å². The molecule has 1 saturated heterocycles. The van der Waals surface area contributed by atoms with E-state index >= 15 is 0 Å². The van der Waals surface area contributed by atoms with Gasteiger partial charge in [-0.05, 0) is 12.8 Å². The smallest absolute Gasteiger partial charge is 0.213 e. The van der Waals surface area contributed by atoms with Gasteiger partial charge in [-0.25, -0.2) is 0 Å². The maximum Gasteiger partial charge on any atom is 0.213 e. The van der Waals surface area contributed by atoms with Crippen molar-refractivity contribution in [1.29, 1.82) is 0 Å². The summed E-state index contributed by atoms with van der Waals surface area (Å²) in [7, 11) is 0. The Kier molecular flexibility index (Phi) is 2.77. The number of hydrazone groups is 1. The summed E-state index contributed by atoms with van der Waals surface area (Å²) in [6, 6.07) is 0.393. The van der Waals surface area contributed by atoms with Crippen molar-refractivity contribution in [2.75, 3.05) is 13.2 Å². The SMILES string of the molecule is NN=C(N)N1CCOC2CCCCC21. The average Bonchev–Trinajstić information content (AvgIpc) is 2.27. The van der Waals surface area contributed by atoms with Crippen molar-refractivity contribution in [3.63, 3.8) is 0 Å². The fraction of sp³-hybridized carbons (Fsp3) is 0.889.